The molecule has 140 valence electrons. The number of rotatable bonds is 7. The summed E-state index contributed by atoms with van der Waals surface area (Å²) in [6, 6.07) is 8.30. The van der Waals surface area contributed by atoms with Gasteiger partial charge in [0.15, 0.2) is 0 Å². The van der Waals surface area contributed by atoms with E-state index in [-0.39, 0.29) is 0 Å². The van der Waals surface area contributed by atoms with Crippen LogP contribution in [0.5, 0.6) is 0 Å². The molecule has 0 aliphatic heterocycles. The Morgan fingerprint density at radius 2 is 1.64 bits per heavy atom. The largest absolute Gasteiger partial charge is 0.467 e. The molecule has 0 saturated heterocycles. The third-order valence-electron chi connectivity index (χ3n) is 4.49. The van der Waals surface area contributed by atoms with Crippen molar-refractivity contribution in [2.24, 2.45) is 0 Å². The number of hydrogen-bond acceptors (Lipinski definition) is 6. The molecule has 1 aromatic carbocycles. The Morgan fingerprint density at radius 1 is 1.08 bits per heavy atom. The minimum absolute atomic E-state index is 0.702. The van der Waals surface area contributed by atoms with E-state index in [0.717, 1.165) is 5.19 Å². The standard InChI is InChI=1S/C17H27NO6Si/c1-11(19)14(20)15(13(16(21)23-2)18-17(22)24-3)25(4,5)12-9-7-6-8-10-12/h6-11,13-15,19-20H,1-5H3,(H,18,22)/t11-,13+,14-,15+/m1/s1. The van der Waals surface area contributed by atoms with Crippen LogP contribution < -0.4 is 10.5 Å². The van der Waals surface area contributed by atoms with Crippen molar-refractivity contribution in [3.63, 3.8) is 0 Å². The van der Waals surface area contributed by atoms with Crippen molar-refractivity contribution in [1.82, 2.24) is 5.32 Å². The predicted octanol–water partition coefficient (Wildman–Crippen LogP) is 0.612. The van der Waals surface area contributed by atoms with Gasteiger partial charge in [0, 0.05) is 5.54 Å². The molecule has 8 heteroatoms. The van der Waals surface area contributed by atoms with Gasteiger partial charge < -0.3 is 25.0 Å². The zero-order valence-corrected chi connectivity index (χ0v) is 16.2. The Bertz CT molecular complexity index is 578. The topological polar surface area (TPSA) is 105 Å². The van der Waals surface area contributed by atoms with Crippen LogP contribution in [-0.4, -0.2) is 62.8 Å². The van der Waals surface area contributed by atoms with Crippen molar-refractivity contribution >= 4 is 25.3 Å². The van der Waals surface area contributed by atoms with Gasteiger partial charge in [-0.25, -0.2) is 9.59 Å². The van der Waals surface area contributed by atoms with Crippen LogP contribution in [0, 0.1) is 0 Å². The van der Waals surface area contributed by atoms with Crippen LogP contribution >= 0.6 is 0 Å². The molecule has 0 fully saturated rings. The van der Waals surface area contributed by atoms with Gasteiger partial charge in [0.1, 0.15) is 6.04 Å². The van der Waals surface area contributed by atoms with Crippen molar-refractivity contribution < 1.29 is 29.3 Å². The molecule has 0 saturated carbocycles. The number of aliphatic hydroxyl groups is 2. The van der Waals surface area contributed by atoms with Gasteiger partial charge in [0.2, 0.25) is 0 Å². The van der Waals surface area contributed by atoms with Crippen LogP contribution in [0.4, 0.5) is 4.79 Å². The number of amides is 1. The zero-order chi connectivity index (χ0) is 19.2. The molecule has 0 bridgehead atoms. The second kappa shape index (κ2) is 8.98. The maximum Gasteiger partial charge on any atom is 0.407 e. The third-order valence-corrected chi connectivity index (χ3v) is 8.65. The van der Waals surface area contributed by atoms with Gasteiger partial charge in [-0.3, -0.25) is 0 Å². The molecule has 7 nitrogen and oxygen atoms in total. The number of methoxy groups -OCH3 is 2. The molecule has 25 heavy (non-hydrogen) atoms. The highest BCUT2D eigenvalue weighted by molar-refractivity contribution is 6.91. The first kappa shape index (κ1) is 21.1. The minimum atomic E-state index is -2.54. The van der Waals surface area contributed by atoms with Crippen molar-refractivity contribution in [2.45, 2.75) is 43.8 Å². The summed E-state index contributed by atoms with van der Waals surface area (Å²) in [5.41, 5.74) is -0.735. The zero-order valence-electron chi connectivity index (χ0n) is 15.2. The number of hydrogen-bond donors (Lipinski definition) is 3. The molecule has 0 unspecified atom stereocenters. The lowest BCUT2D eigenvalue weighted by molar-refractivity contribution is -0.144. The third kappa shape index (κ3) is 5.04. The normalized spacial score (nSPS) is 16.3. The van der Waals surface area contributed by atoms with Gasteiger partial charge >= 0.3 is 12.1 Å². The first-order valence-corrected chi connectivity index (χ1v) is 11.1. The second-order valence-corrected chi connectivity index (χ2v) is 11.2. The molecule has 0 radical (unpaired) electrons. The smallest absolute Gasteiger partial charge is 0.407 e. The van der Waals surface area contributed by atoms with E-state index in [4.69, 9.17) is 4.74 Å². The van der Waals surface area contributed by atoms with E-state index in [1.807, 2.05) is 43.4 Å². The predicted molar refractivity (Wildman–Crippen MR) is 96.3 cm³/mol. The monoisotopic (exact) mass is 369 g/mol. The summed E-state index contributed by atoms with van der Waals surface area (Å²) in [5, 5.41) is 24.1. The Hall–Kier alpha value is -1.90. The van der Waals surface area contributed by atoms with Crippen molar-refractivity contribution in [1.29, 1.82) is 0 Å². The van der Waals surface area contributed by atoms with E-state index in [1.54, 1.807) is 0 Å². The van der Waals surface area contributed by atoms with Gasteiger partial charge in [-0.15, -0.1) is 0 Å². The number of carbonyl (C=O) groups excluding carboxylic acids is 2. The quantitative estimate of drug-likeness (QED) is 0.480. The molecule has 1 rings (SSSR count). The average Bonchev–Trinajstić information content (AvgIpc) is 2.60. The number of ether oxygens (including phenoxy) is 2. The van der Waals surface area contributed by atoms with E-state index >= 15 is 0 Å². The fraction of sp³-hybridized carbons (Fsp3) is 0.529. The Labute approximate surface area is 149 Å². The Balaban J connectivity index is 3.42. The maximum atomic E-state index is 12.3. The van der Waals surface area contributed by atoms with Crippen LogP contribution in [0.15, 0.2) is 30.3 Å². The number of aliphatic hydroxyl groups excluding tert-OH is 2. The van der Waals surface area contributed by atoms with Gasteiger partial charge in [-0.05, 0) is 6.92 Å². The molecule has 0 aliphatic rings. The Morgan fingerprint density at radius 3 is 2.08 bits per heavy atom. The summed E-state index contributed by atoms with van der Waals surface area (Å²) in [4.78, 5) is 24.1. The molecule has 0 aliphatic carbocycles. The van der Waals surface area contributed by atoms with Crippen molar-refractivity contribution in [2.75, 3.05) is 14.2 Å². The van der Waals surface area contributed by atoms with Crippen molar-refractivity contribution in [3.05, 3.63) is 30.3 Å². The number of benzene rings is 1. The average molecular weight is 369 g/mol. The lowest BCUT2D eigenvalue weighted by atomic mass is 10.0. The second-order valence-electron chi connectivity index (χ2n) is 6.48. The van der Waals surface area contributed by atoms with E-state index < -0.39 is 43.9 Å². The van der Waals surface area contributed by atoms with Gasteiger partial charge in [-0.2, -0.15) is 0 Å². The molecular formula is C17H27NO6Si. The summed E-state index contributed by atoms with van der Waals surface area (Å²) in [6.45, 7) is 5.38. The fourth-order valence-corrected chi connectivity index (χ4v) is 6.63. The van der Waals surface area contributed by atoms with E-state index in [9.17, 15) is 19.8 Å². The highest BCUT2D eigenvalue weighted by Crippen LogP contribution is 2.32. The molecule has 1 amide bonds. The SMILES string of the molecule is COC(=O)N[C@H](C(=O)OC)[C@@H]([C@H](O)[C@@H](C)O)[Si](C)(C)c1ccccc1. The van der Waals surface area contributed by atoms with Crippen LogP contribution in [0.2, 0.25) is 18.6 Å². The van der Waals surface area contributed by atoms with Gasteiger partial charge in [0.25, 0.3) is 0 Å². The summed E-state index contributed by atoms with van der Waals surface area (Å²) in [7, 11) is -0.148. The van der Waals surface area contributed by atoms with E-state index in [2.05, 4.69) is 10.1 Å². The molecular weight excluding hydrogens is 342 g/mol. The lowest BCUT2D eigenvalue weighted by Gasteiger charge is -2.41. The van der Waals surface area contributed by atoms with Crippen LogP contribution in [-0.2, 0) is 14.3 Å². The number of esters is 1. The highest BCUT2D eigenvalue weighted by atomic mass is 28.3. The summed E-state index contributed by atoms with van der Waals surface area (Å²) in [6.07, 6.45) is -3.13. The number of carbonyl (C=O) groups is 2. The first-order valence-electron chi connectivity index (χ1n) is 8.00. The number of alkyl carbamates (subject to hydrolysis) is 1. The molecule has 3 N–H and O–H groups in total. The highest BCUT2D eigenvalue weighted by Gasteiger charge is 2.48. The maximum absolute atomic E-state index is 12.3. The number of nitrogens with one attached hydrogen (secondary N) is 1. The van der Waals surface area contributed by atoms with Crippen LogP contribution in [0.1, 0.15) is 6.92 Å². The van der Waals surface area contributed by atoms with E-state index in [0.29, 0.717) is 0 Å². The molecule has 4 atom stereocenters. The lowest BCUT2D eigenvalue weighted by Crippen LogP contribution is -2.61. The summed E-state index contributed by atoms with van der Waals surface area (Å²) >= 11 is 0. The summed E-state index contributed by atoms with van der Waals surface area (Å²) in [5.74, 6) is -0.702. The first-order chi connectivity index (χ1) is 11.7. The Kier molecular flexibility index (Phi) is 7.59. The van der Waals surface area contributed by atoms with Crippen LogP contribution in [0.25, 0.3) is 0 Å². The molecule has 0 spiro atoms. The van der Waals surface area contributed by atoms with Gasteiger partial charge in [0.05, 0.1) is 34.5 Å². The molecule has 0 heterocycles. The van der Waals surface area contributed by atoms with Gasteiger partial charge in [-0.1, -0.05) is 48.6 Å². The minimum Gasteiger partial charge on any atom is -0.467 e. The van der Waals surface area contributed by atoms with Crippen LogP contribution in [0.3, 0.4) is 0 Å². The fourth-order valence-electron chi connectivity index (χ4n) is 3.01. The van der Waals surface area contributed by atoms with Crippen molar-refractivity contribution in [3.8, 4) is 0 Å². The summed E-state index contributed by atoms with van der Waals surface area (Å²) < 4.78 is 9.42. The molecule has 0 aromatic heterocycles. The molecule has 1 aromatic rings. The van der Waals surface area contributed by atoms with E-state index in [1.165, 1.54) is 21.1 Å².